The number of thioether (sulfide) groups is 1. The molecule has 0 unspecified atom stereocenters. The summed E-state index contributed by atoms with van der Waals surface area (Å²) >= 11 is 11.7. The van der Waals surface area contributed by atoms with Gasteiger partial charge in [0.1, 0.15) is 11.8 Å². The molecule has 2 aliphatic heterocycles. The van der Waals surface area contributed by atoms with Gasteiger partial charge in [0, 0.05) is 31.4 Å². The molecule has 11 heteroatoms. The predicted octanol–water partition coefficient (Wildman–Crippen LogP) is 6.91. The third-order valence-electron chi connectivity index (χ3n) is 7.73. The molecule has 1 saturated heterocycles. The second kappa shape index (κ2) is 11.1. The first-order chi connectivity index (χ1) is 20.8. The second-order valence-electron chi connectivity index (χ2n) is 10.3. The Balaban J connectivity index is 1.28. The van der Waals surface area contributed by atoms with Crippen molar-refractivity contribution in [1.82, 2.24) is 4.57 Å². The van der Waals surface area contributed by atoms with Crippen molar-refractivity contribution in [3.8, 4) is 0 Å². The minimum Gasteiger partial charge on any atom is -0.324 e. The van der Waals surface area contributed by atoms with Crippen molar-refractivity contribution in [3.05, 3.63) is 121 Å². The normalized spacial score (nSPS) is 19.4. The van der Waals surface area contributed by atoms with Crippen molar-refractivity contribution >= 4 is 90.5 Å². The average Bonchev–Trinajstić information content (AvgIpc) is 3.44. The van der Waals surface area contributed by atoms with Crippen LogP contribution in [0.5, 0.6) is 0 Å². The maximum atomic E-state index is 14.0. The van der Waals surface area contributed by atoms with Crippen LogP contribution in [0, 0.1) is 5.92 Å². The van der Waals surface area contributed by atoms with E-state index in [0.717, 1.165) is 32.1 Å². The van der Waals surface area contributed by atoms with E-state index in [4.69, 9.17) is 11.6 Å². The van der Waals surface area contributed by atoms with E-state index >= 15 is 0 Å². The van der Waals surface area contributed by atoms with E-state index in [1.165, 1.54) is 21.2 Å². The molecular weight excluding hydrogens is 670 g/mol. The molecule has 1 N–H and O–H groups in total. The first-order valence-corrected chi connectivity index (χ1v) is 16.2. The minimum absolute atomic E-state index is 0.228. The SMILES string of the molecule is O=C(Cn1c2c(sc1=O)[C@@H](c1ccc(Br)cc1)[C@@H]1C(=O)N(c3ccc(Cl)cc3)C(=O)[C@@H]1S2)Nc1cccc2ccccc12. The molecule has 214 valence electrons. The number of imide groups is 1. The lowest BCUT2D eigenvalue weighted by Crippen LogP contribution is -2.33. The first kappa shape index (κ1) is 28.1. The predicted molar refractivity (Wildman–Crippen MR) is 174 cm³/mol. The van der Waals surface area contributed by atoms with Crippen LogP contribution in [0.1, 0.15) is 16.4 Å². The van der Waals surface area contributed by atoms with Gasteiger partial charge >= 0.3 is 4.87 Å². The Hall–Kier alpha value is -3.70. The van der Waals surface area contributed by atoms with Crippen LogP contribution in [0.3, 0.4) is 0 Å². The number of amides is 3. The molecule has 0 bridgehead atoms. The maximum absolute atomic E-state index is 14.0. The zero-order chi connectivity index (χ0) is 29.8. The molecule has 43 heavy (non-hydrogen) atoms. The number of benzene rings is 4. The molecule has 0 radical (unpaired) electrons. The Morgan fingerprint density at radius 2 is 1.60 bits per heavy atom. The van der Waals surface area contributed by atoms with E-state index in [9.17, 15) is 19.2 Å². The molecule has 5 aromatic rings. The highest BCUT2D eigenvalue weighted by Gasteiger charge is 2.56. The Bertz CT molecular complexity index is 1990. The molecular formula is C32H21BrClN3O4S2. The van der Waals surface area contributed by atoms with Crippen LogP contribution in [-0.2, 0) is 20.9 Å². The monoisotopic (exact) mass is 689 g/mol. The van der Waals surface area contributed by atoms with E-state index < -0.39 is 17.1 Å². The number of thiazole rings is 1. The molecule has 0 aliphatic carbocycles. The molecule has 0 saturated carbocycles. The summed E-state index contributed by atoms with van der Waals surface area (Å²) in [5.41, 5.74) is 1.91. The van der Waals surface area contributed by atoms with Crippen molar-refractivity contribution in [1.29, 1.82) is 0 Å². The summed E-state index contributed by atoms with van der Waals surface area (Å²) in [6, 6.07) is 27.5. The summed E-state index contributed by atoms with van der Waals surface area (Å²) < 4.78 is 2.29. The van der Waals surface area contributed by atoms with Crippen molar-refractivity contribution in [2.75, 3.05) is 10.2 Å². The summed E-state index contributed by atoms with van der Waals surface area (Å²) in [6.45, 7) is -0.228. The molecule has 1 aromatic heterocycles. The van der Waals surface area contributed by atoms with Crippen LogP contribution < -0.4 is 15.1 Å². The van der Waals surface area contributed by atoms with Crippen LogP contribution in [0.25, 0.3) is 10.8 Å². The molecule has 0 spiro atoms. The van der Waals surface area contributed by atoms with Crippen LogP contribution in [-0.4, -0.2) is 27.5 Å². The first-order valence-electron chi connectivity index (χ1n) is 13.4. The Morgan fingerprint density at radius 3 is 2.37 bits per heavy atom. The molecule has 7 rings (SSSR count). The fraction of sp³-hybridized carbons (Fsp3) is 0.125. The number of aromatic nitrogens is 1. The highest BCUT2D eigenvalue weighted by atomic mass is 79.9. The number of halogens is 2. The number of carbonyl (C=O) groups excluding carboxylic acids is 3. The summed E-state index contributed by atoms with van der Waals surface area (Å²) in [7, 11) is 0. The smallest absolute Gasteiger partial charge is 0.308 e. The van der Waals surface area contributed by atoms with Crippen LogP contribution in [0.4, 0.5) is 11.4 Å². The molecule has 4 aromatic carbocycles. The van der Waals surface area contributed by atoms with Gasteiger partial charge in [-0.3, -0.25) is 23.7 Å². The number of rotatable bonds is 5. The number of fused-ring (bicyclic) bond motifs is 3. The van der Waals surface area contributed by atoms with Gasteiger partial charge in [-0.25, -0.2) is 4.90 Å². The zero-order valence-corrected chi connectivity index (χ0v) is 26.2. The van der Waals surface area contributed by atoms with Crippen molar-refractivity contribution < 1.29 is 14.4 Å². The van der Waals surface area contributed by atoms with Gasteiger partial charge in [-0.2, -0.15) is 0 Å². The number of hydrogen-bond acceptors (Lipinski definition) is 6. The molecule has 3 heterocycles. The van der Waals surface area contributed by atoms with E-state index in [1.54, 1.807) is 24.3 Å². The lowest BCUT2D eigenvalue weighted by Gasteiger charge is -2.30. The van der Waals surface area contributed by atoms with Crippen molar-refractivity contribution in [3.63, 3.8) is 0 Å². The van der Waals surface area contributed by atoms with Gasteiger partial charge in [-0.05, 0) is 53.4 Å². The van der Waals surface area contributed by atoms with Crippen molar-refractivity contribution in [2.45, 2.75) is 22.7 Å². The largest absolute Gasteiger partial charge is 0.324 e. The fourth-order valence-corrected chi connectivity index (χ4v) is 8.96. The minimum atomic E-state index is -0.772. The lowest BCUT2D eigenvalue weighted by molar-refractivity contribution is -0.122. The standard InChI is InChI=1S/C32H21BrClN3O4S2/c33-19-10-8-18(9-11-19)25-26-27(30(40)37(29(26)39)21-14-12-20(34)13-15-21)42-31-28(25)43-32(41)36(31)16-24(38)35-23-7-3-5-17-4-1-2-6-22(17)23/h1-15,25-27H,16H2,(H,35,38)/t25-,26-,27+/m0/s1. The lowest BCUT2D eigenvalue weighted by atomic mass is 9.83. The van der Waals surface area contributed by atoms with Crippen LogP contribution >= 0.6 is 50.6 Å². The molecule has 1 fully saturated rings. The molecule has 7 nitrogen and oxygen atoms in total. The zero-order valence-electron chi connectivity index (χ0n) is 22.2. The van der Waals surface area contributed by atoms with E-state index in [2.05, 4.69) is 21.2 Å². The quantitative estimate of drug-likeness (QED) is 0.203. The Kier molecular flexibility index (Phi) is 7.25. The van der Waals surface area contributed by atoms with Gasteiger partial charge in [0.15, 0.2) is 0 Å². The van der Waals surface area contributed by atoms with E-state index in [-0.39, 0.29) is 29.1 Å². The van der Waals surface area contributed by atoms with Crippen LogP contribution in [0.15, 0.2) is 105 Å². The number of nitrogens with zero attached hydrogens (tertiary/aromatic N) is 2. The topological polar surface area (TPSA) is 88.5 Å². The summed E-state index contributed by atoms with van der Waals surface area (Å²) in [5, 5.41) is 5.09. The summed E-state index contributed by atoms with van der Waals surface area (Å²) in [4.78, 5) is 56.2. The molecule has 2 aliphatic rings. The van der Waals surface area contributed by atoms with E-state index in [0.29, 0.717) is 26.3 Å². The Morgan fingerprint density at radius 1 is 0.884 bits per heavy atom. The fourth-order valence-electron chi connectivity index (χ4n) is 5.80. The van der Waals surface area contributed by atoms with Gasteiger partial charge < -0.3 is 5.32 Å². The number of hydrogen-bond donors (Lipinski definition) is 1. The third-order valence-corrected chi connectivity index (χ3v) is 11.1. The van der Waals surface area contributed by atoms with Gasteiger partial charge in [-0.1, -0.05) is 99.2 Å². The molecule has 3 atom stereocenters. The highest BCUT2D eigenvalue weighted by Crippen LogP contribution is 2.54. The average molecular weight is 691 g/mol. The van der Waals surface area contributed by atoms with Gasteiger partial charge in [0.05, 0.1) is 16.6 Å². The van der Waals surface area contributed by atoms with Crippen molar-refractivity contribution in [2.24, 2.45) is 5.92 Å². The number of carbonyl (C=O) groups is 3. The van der Waals surface area contributed by atoms with Gasteiger partial charge in [0.25, 0.3) is 0 Å². The maximum Gasteiger partial charge on any atom is 0.308 e. The summed E-state index contributed by atoms with van der Waals surface area (Å²) in [5.74, 6) is -2.32. The van der Waals surface area contributed by atoms with E-state index in [1.807, 2.05) is 66.7 Å². The van der Waals surface area contributed by atoms with Gasteiger partial charge in [-0.15, -0.1) is 0 Å². The third kappa shape index (κ3) is 4.92. The molecule has 3 amide bonds. The highest BCUT2D eigenvalue weighted by molar-refractivity contribution is 9.10. The Labute approximate surface area is 267 Å². The summed E-state index contributed by atoms with van der Waals surface area (Å²) in [6.07, 6.45) is 0. The van der Waals surface area contributed by atoms with Gasteiger partial charge in [0.2, 0.25) is 17.7 Å². The second-order valence-corrected chi connectivity index (χ2v) is 13.8. The number of anilines is 2. The van der Waals surface area contributed by atoms with Crippen LogP contribution in [0.2, 0.25) is 5.02 Å². The number of nitrogens with one attached hydrogen (secondary N) is 1.